The average Bonchev–Trinajstić information content (AvgIpc) is 2.12. The van der Waals surface area contributed by atoms with Crippen molar-refractivity contribution in [2.45, 2.75) is 0 Å². The van der Waals surface area contributed by atoms with Gasteiger partial charge in [0.05, 0.1) is 12.2 Å². The molecule has 0 aliphatic carbocycles. The molecule has 10 nitrogen and oxygen atoms in total. The van der Waals surface area contributed by atoms with Crippen LogP contribution in [0.2, 0.25) is 0 Å². The van der Waals surface area contributed by atoms with Gasteiger partial charge in [0.2, 0.25) is 0 Å². The first-order chi connectivity index (χ1) is 8.70. The predicted octanol–water partition coefficient (Wildman–Crippen LogP) is -2.43. The Balaban J connectivity index is 0. The van der Waals surface area contributed by atoms with Crippen molar-refractivity contribution < 1.29 is 43.7 Å². The van der Waals surface area contributed by atoms with Crippen molar-refractivity contribution in [3.8, 4) is 0 Å². The van der Waals surface area contributed by atoms with Crippen LogP contribution in [-0.2, 0) is 23.9 Å². The Labute approximate surface area is 114 Å². The van der Waals surface area contributed by atoms with Gasteiger partial charge >= 0.3 is 17.9 Å². The Morgan fingerprint density at radius 1 is 1.05 bits per heavy atom. The summed E-state index contributed by atoms with van der Waals surface area (Å²) in [6, 6.07) is 0. The van der Waals surface area contributed by atoms with Gasteiger partial charge in [0.1, 0.15) is 6.54 Å². The lowest BCUT2D eigenvalue weighted by atomic mass is 10.3. The van der Waals surface area contributed by atoms with E-state index in [1.165, 1.54) is 0 Å². The fourth-order valence-corrected chi connectivity index (χ4v) is 1.59. The summed E-state index contributed by atoms with van der Waals surface area (Å²) in [5.74, 6) is -5.56. The van der Waals surface area contributed by atoms with Gasteiger partial charge in [-0.15, -0.1) is 0 Å². The minimum Gasteiger partial charge on any atom is -0.544 e. The largest absolute Gasteiger partial charge is 0.544 e. The van der Waals surface area contributed by atoms with E-state index in [0.29, 0.717) is 0 Å². The molecule has 0 radical (unpaired) electrons. The highest BCUT2D eigenvalue weighted by Crippen LogP contribution is 2.07. The number of ether oxygens (including phenoxy) is 1. The highest BCUT2D eigenvalue weighted by atomic mass is 16.5. The number of carbonyl (C=O) groups is 4. The average molecular weight is 292 g/mol. The number of carbonyl (C=O) groups excluding carboxylic acids is 2. The van der Waals surface area contributed by atoms with Crippen LogP contribution in [0.15, 0.2) is 12.8 Å². The van der Waals surface area contributed by atoms with E-state index in [1.54, 1.807) is 0 Å². The first kappa shape index (κ1) is 19.9. The standard InChI is InChI=1S/C10H13NO8.H3N/c1-2-19-10(18)6-11(3-7(12)13,4-8(14)15)5-9(16)17;/h2H,1,3-6H2,(H2-,12,13,14,15,16,17);1H3. The SMILES string of the molecule is C=COC(=O)C[N+](CC(=O)[O-])(CC(=O)O)CC(=O)O.N. The van der Waals surface area contributed by atoms with E-state index in [9.17, 15) is 24.3 Å². The summed E-state index contributed by atoms with van der Waals surface area (Å²) >= 11 is 0. The van der Waals surface area contributed by atoms with E-state index in [2.05, 4.69) is 11.3 Å². The summed E-state index contributed by atoms with van der Waals surface area (Å²) in [6.07, 6.45) is 0.775. The van der Waals surface area contributed by atoms with Gasteiger partial charge in [0.25, 0.3) is 0 Å². The smallest absolute Gasteiger partial charge is 0.366 e. The Hall–Kier alpha value is -2.46. The molecule has 5 N–H and O–H groups in total. The van der Waals surface area contributed by atoms with Gasteiger partial charge in [-0.05, 0) is 0 Å². The molecule has 0 unspecified atom stereocenters. The van der Waals surface area contributed by atoms with Gasteiger partial charge < -0.3 is 31.0 Å². The number of hydrogen-bond acceptors (Lipinski definition) is 7. The molecule has 0 rings (SSSR count). The van der Waals surface area contributed by atoms with E-state index >= 15 is 0 Å². The lowest BCUT2D eigenvalue weighted by Crippen LogP contribution is -2.60. The van der Waals surface area contributed by atoms with Crippen LogP contribution in [0.4, 0.5) is 0 Å². The van der Waals surface area contributed by atoms with Crippen molar-refractivity contribution in [1.82, 2.24) is 6.15 Å². The fraction of sp³-hybridized carbons (Fsp3) is 0.400. The Bertz CT molecular complexity index is 365. The lowest BCUT2D eigenvalue weighted by Gasteiger charge is -2.34. The monoisotopic (exact) mass is 292 g/mol. The summed E-state index contributed by atoms with van der Waals surface area (Å²) in [5, 5.41) is 28.1. The molecule has 0 heterocycles. The van der Waals surface area contributed by atoms with Gasteiger partial charge in [-0.2, -0.15) is 0 Å². The predicted molar refractivity (Wildman–Crippen MR) is 61.3 cm³/mol. The first-order valence-electron chi connectivity index (χ1n) is 5.00. The van der Waals surface area contributed by atoms with Crippen LogP contribution in [0.1, 0.15) is 0 Å². The molecule has 0 spiro atoms. The molecule has 0 atom stereocenters. The second-order valence-corrected chi connectivity index (χ2v) is 3.79. The zero-order valence-electron chi connectivity index (χ0n) is 10.6. The molecule has 0 saturated heterocycles. The third-order valence-electron chi connectivity index (χ3n) is 2.09. The van der Waals surface area contributed by atoms with Crippen molar-refractivity contribution in [1.29, 1.82) is 0 Å². The second-order valence-electron chi connectivity index (χ2n) is 3.79. The number of nitrogens with zero attached hydrogens (tertiary/aromatic N) is 1. The molecule has 20 heavy (non-hydrogen) atoms. The first-order valence-corrected chi connectivity index (χ1v) is 5.00. The molecular formula is C10H16N2O8. The molecular weight excluding hydrogens is 276 g/mol. The third-order valence-corrected chi connectivity index (χ3v) is 2.09. The Morgan fingerprint density at radius 3 is 1.80 bits per heavy atom. The number of rotatable bonds is 9. The quantitative estimate of drug-likeness (QED) is 0.237. The molecule has 0 aromatic rings. The number of aliphatic carboxylic acids is 3. The van der Waals surface area contributed by atoms with Gasteiger partial charge in [-0.3, -0.25) is 4.48 Å². The molecule has 114 valence electrons. The van der Waals surface area contributed by atoms with Crippen LogP contribution < -0.4 is 11.3 Å². The molecule has 0 fully saturated rings. The summed E-state index contributed by atoms with van der Waals surface area (Å²) in [6.45, 7) is -0.312. The molecule has 0 saturated carbocycles. The van der Waals surface area contributed by atoms with Crippen molar-refractivity contribution in [3.63, 3.8) is 0 Å². The number of quaternary nitrogens is 1. The van der Waals surface area contributed by atoms with Crippen LogP contribution in [0, 0.1) is 0 Å². The van der Waals surface area contributed by atoms with Crippen LogP contribution in [0.3, 0.4) is 0 Å². The van der Waals surface area contributed by atoms with E-state index in [-0.39, 0.29) is 6.15 Å². The fourth-order valence-electron chi connectivity index (χ4n) is 1.59. The summed E-state index contributed by atoms with van der Waals surface area (Å²) in [7, 11) is 0. The van der Waals surface area contributed by atoms with Crippen molar-refractivity contribution >= 4 is 23.9 Å². The summed E-state index contributed by atoms with van der Waals surface area (Å²) < 4.78 is 3.31. The van der Waals surface area contributed by atoms with Crippen molar-refractivity contribution in [2.24, 2.45) is 0 Å². The highest BCUT2D eigenvalue weighted by Gasteiger charge is 2.36. The summed E-state index contributed by atoms with van der Waals surface area (Å²) in [5.41, 5.74) is 0. The molecule has 0 aromatic heterocycles. The molecule has 10 heteroatoms. The minimum atomic E-state index is -1.67. The molecule has 0 bridgehead atoms. The Kier molecular flexibility index (Phi) is 8.55. The van der Waals surface area contributed by atoms with Crippen LogP contribution in [0.25, 0.3) is 0 Å². The molecule has 0 aromatic carbocycles. The zero-order valence-corrected chi connectivity index (χ0v) is 10.6. The van der Waals surface area contributed by atoms with Gasteiger partial charge in [0.15, 0.2) is 19.6 Å². The van der Waals surface area contributed by atoms with Crippen molar-refractivity contribution in [3.05, 3.63) is 12.8 Å². The van der Waals surface area contributed by atoms with Gasteiger partial charge in [-0.1, -0.05) is 6.58 Å². The number of carboxylic acids is 3. The number of carboxylic acid groups (broad SMARTS) is 3. The normalized spacial score (nSPS) is 10.0. The second kappa shape index (κ2) is 8.61. The van der Waals surface area contributed by atoms with Gasteiger partial charge in [0, 0.05) is 0 Å². The van der Waals surface area contributed by atoms with Crippen molar-refractivity contribution in [2.75, 3.05) is 26.2 Å². The lowest BCUT2D eigenvalue weighted by molar-refractivity contribution is -0.902. The van der Waals surface area contributed by atoms with Crippen LogP contribution in [0.5, 0.6) is 0 Å². The minimum absolute atomic E-state index is 0. The topological polar surface area (TPSA) is 176 Å². The molecule has 0 aliphatic rings. The number of hydrogen-bond donors (Lipinski definition) is 3. The zero-order chi connectivity index (χ0) is 15.1. The number of esters is 1. The maximum absolute atomic E-state index is 11.3. The maximum Gasteiger partial charge on any atom is 0.366 e. The summed E-state index contributed by atoms with van der Waals surface area (Å²) in [4.78, 5) is 43.4. The Morgan fingerprint density at radius 2 is 1.50 bits per heavy atom. The third kappa shape index (κ3) is 7.79. The molecule has 0 amide bonds. The van der Waals surface area contributed by atoms with E-state index in [0.717, 1.165) is 6.26 Å². The maximum atomic E-state index is 11.3. The van der Waals surface area contributed by atoms with Gasteiger partial charge in [-0.25, -0.2) is 14.4 Å². The molecule has 0 aliphatic heterocycles. The van der Waals surface area contributed by atoms with E-state index < -0.39 is 54.5 Å². The van der Waals surface area contributed by atoms with Crippen LogP contribution >= 0.6 is 0 Å². The van der Waals surface area contributed by atoms with Crippen LogP contribution in [-0.4, -0.2) is 64.8 Å². The highest BCUT2D eigenvalue weighted by molar-refractivity contribution is 5.75. The van der Waals surface area contributed by atoms with E-state index in [4.69, 9.17) is 10.2 Å². The van der Waals surface area contributed by atoms with E-state index in [1.807, 2.05) is 0 Å².